The quantitative estimate of drug-likeness (QED) is 0.610. The van der Waals surface area contributed by atoms with Gasteiger partial charge in [0.1, 0.15) is 17.3 Å². The first-order valence-corrected chi connectivity index (χ1v) is 7.62. The largest absolute Gasteiger partial charge is 0.457 e. The van der Waals surface area contributed by atoms with Crippen LogP contribution in [0.4, 0.5) is 0 Å². The number of nitrogens with one attached hydrogen (secondary N) is 1. The zero-order chi connectivity index (χ0) is 16.4. The molecule has 0 radical (unpaired) electrons. The summed E-state index contributed by atoms with van der Waals surface area (Å²) in [4.78, 5) is 19.6. The van der Waals surface area contributed by atoms with Crippen molar-refractivity contribution in [3.63, 3.8) is 0 Å². The Morgan fingerprint density at radius 3 is 2.42 bits per heavy atom. The Morgan fingerprint density at radius 2 is 1.54 bits per heavy atom. The zero-order valence-corrected chi connectivity index (χ0v) is 12.8. The van der Waals surface area contributed by atoms with Gasteiger partial charge >= 0.3 is 0 Å². The lowest BCUT2D eigenvalue weighted by atomic mass is 10.2. The average molecular weight is 314 g/mol. The second-order valence-corrected chi connectivity index (χ2v) is 5.37. The summed E-state index contributed by atoms with van der Waals surface area (Å²) >= 11 is 0. The van der Waals surface area contributed by atoms with Crippen LogP contribution in [-0.2, 0) is 0 Å². The molecule has 0 aliphatic rings. The molecule has 0 fully saturated rings. The second-order valence-electron chi connectivity index (χ2n) is 5.37. The molecular weight excluding hydrogens is 300 g/mol. The van der Waals surface area contributed by atoms with Gasteiger partial charge in [0.25, 0.3) is 5.56 Å². The number of para-hydroxylation sites is 2. The molecule has 0 amide bonds. The number of hydrogen-bond donors (Lipinski definition) is 1. The van der Waals surface area contributed by atoms with Crippen LogP contribution in [0.15, 0.2) is 83.7 Å². The highest BCUT2D eigenvalue weighted by Gasteiger charge is 2.07. The van der Waals surface area contributed by atoms with Crippen LogP contribution in [-0.4, -0.2) is 9.97 Å². The lowest BCUT2D eigenvalue weighted by Gasteiger charge is -2.08. The zero-order valence-electron chi connectivity index (χ0n) is 12.8. The minimum atomic E-state index is -0.148. The van der Waals surface area contributed by atoms with E-state index < -0.39 is 0 Å². The number of ether oxygens (including phenoxy) is 1. The number of nitrogens with zero attached hydrogens (tertiary/aromatic N) is 1. The van der Waals surface area contributed by atoms with Crippen LogP contribution in [0.5, 0.6) is 11.5 Å². The van der Waals surface area contributed by atoms with Gasteiger partial charge in [-0.15, -0.1) is 0 Å². The molecule has 1 heterocycles. The van der Waals surface area contributed by atoms with E-state index in [4.69, 9.17) is 4.74 Å². The van der Waals surface area contributed by atoms with Gasteiger partial charge in [0, 0.05) is 5.56 Å². The Bertz CT molecular complexity index is 1060. The van der Waals surface area contributed by atoms with Gasteiger partial charge in [-0.25, -0.2) is 4.98 Å². The van der Waals surface area contributed by atoms with Crippen molar-refractivity contribution in [1.29, 1.82) is 0 Å². The first-order valence-electron chi connectivity index (χ1n) is 7.62. The Hall–Kier alpha value is -3.40. The predicted molar refractivity (Wildman–Crippen MR) is 94.3 cm³/mol. The first kappa shape index (κ1) is 14.2. The van der Waals surface area contributed by atoms with Gasteiger partial charge in [-0.1, -0.05) is 42.5 Å². The van der Waals surface area contributed by atoms with Gasteiger partial charge in [0.05, 0.1) is 10.9 Å². The van der Waals surface area contributed by atoms with Crippen molar-refractivity contribution in [3.8, 4) is 22.9 Å². The number of benzene rings is 3. The van der Waals surface area contributed by atoms with Crippen LogP contribution >= 0.6 is 0 Å². The van der Waals surface area contributed by atoms with Crippen molar-refractivity contribution in [3.05, 3.63) is 89.2 Å². The highest BCUT2D eigenvalue weighted by atomic mass is 16.5. The standard InChI is InChI=1S/C20H14N2O2/c23-20-17-11-4-5-12-18(17)21-19(22-20)14-7-6-10-16(13-14)24-15-8-2-1-3-9-15/h1-13H,(H,21,22,23). The van der Waals surface area contributed by atoms with E-state index in [0.29, 0.717) is 22.5 Å². The molecule has 0 aliphatic heterocycles. The molecule has 1 N–H and O–H groups in total. The summed E-state index contributed by atoms with van der Waals surface area (Å²) in [6.45, 7) is 0. The van der Waals surface area contributed by atoms with E-state index in [1.54, 1.807) is 6.07 Å². The van der Waals surface area contributed by atoms with Crippen molar-refractivity contribution in [2.75, 3.05) is 0 Å². The molecule has 4 nitrogen and oxygen atoms in total. The van der Waals surface area contributed by atoms with Gasteiger partial charge in [-0.2, -0.15) is 0 Å². The molecular formula is C20H14N2O2. The van der Waals surface area contributed by atoms with Crippen molar-refractivity contribution >= 4 is 10.9 Å². The molecule has 0 aliphatic carbocycles. The summed E-state index contributed by atoms with van der Waals surface area (Å²) in [5.74, 6) is 1.97. The number of H-pyrrole nitrogens is 1. The third-order valence-electron chi connectivity index (χ3n) is 3.70. The van der Waals surface area contributed by atoms with Crippen LogP contribution in [0.25, 0.3) is 22.3 Å². The maximum absolute atomic E-state index is 12.2. The van der Waals surface area contributed by atoms with E-state index in [0.717, 1.165) is 11.3 Å². The summed E-state index contributed by atoms with van der Waals surface area (Å²) in [6.07, 6.45) is 0. The summed E-state index contributed by atoms with van der Waals surface area (Å²) < 4.78 is 5.84. The Kier molecular flexibility index (Phi) is 3.56. The second kappa shape index (κ2) is 6.01. The third kappa shape index (κ3) is 2.77. The monoisotopic (exact) mass is 314 g/mol. The van der Waals surface area contributed by atoms with Gasteiger partial charge in [-0.3, -0.25) is 4.79 Å². The molecule has 0 spiro atoms. The smallest absolute Gasteiger partial charge is 0.259 e. The molecule has 4 aromatic rings. The molecule has 116 valence electrons. The number of aromatic amines is 1. The molecule has 0 unspecified atom stereocenters. The minimum Gasteiger partial charge on any atom is -0.457 e. The molecule has 4 heteroatoms. The predicted octanol–water partition coefficient (Wildman–Crippen LogP) is 4.38. The maximum atomic E-state index is 12.2. The van der Waals surface area contributed by atoms with Crippen molar-refractivity contribution in [2.45, 2.75) is 0 Å². The number of fused-ring (bicyclic) bond motifs is 1. The fourth-order valence-electron chi connectivity index (χ4n) is 2.55. The highest BCUT2D eigenvalue weighted by Crippen LogP contribution is 2.25. The number of aromatic nitrogens is 2. The lowest BCUT2D eigenvalue weighted by Crippen LogP contribution is -2.09. The SMILES string of the molecule is O=c1[nH]c(-c2cccc(Oc3ccccc3)c2)nc2ccccc12. The molecule has 0 bridgehead atoms. The van der Waals surface area contributed by atoms with Gasteiger partial charge < -0.3 is 9.72 Å². The summed E-state index contributed by atoms with van der Waals surface area (Å²) in [7, 11) is 0. The molecule has 1 aromatic heterocycles. The Balaban J connectivity index is 1.75. The molecule has 4 rings (SSSR count). The number of rotatable bonds is 3. The number of hydrogen-bond acceptors (Lipinski definition) is 3. The fourth-order valence-corrected chi connectivity index (χ4v) is 2.55. The molecule has 24 heavy (non-hydrogen) atoms. The van der Waals surface area contributed by atoms with Crippen LogP contribution < -0.4 is 10.3 Å². The summed E-state index contributed by atoms with van der Waals surface area (Å²) in [5.41, 5.74) is 1.32. The van der Waals surface area contributed by atoms with E-state index in [2.05, 4.69) is 9.97 Å². The molecule has 0 saturated heterocycles. The van der Waals surface area contributed by atoms with E-state index >= 15 is 0 Å². The molecule has 3 aromatic carbocycles. The molecule has 0 atom stereocenters. The summed E-state index contributed by atoms with van der Waals surface area (Å²) in [5, 5.41) is 0.581. The van der Waals surface area contributed by atoms with E-state index in [-0.39, 0.29) is 5.56 Å². The third-order valence-corrected chi connectivity index (χ3v) is 3.70. The molecule has 0 saturated carbocycles. The topological polar surface area (TPSA) is 55.0 Å². The van der Waals surface area contributed by atoms with E-state index in [1.165, 1.54) is 0 Å². The fraction of sp³-hybridized carbons (Fsp3) is 0. The van der Waals surface area contributed by atoms with Crippen LogP contribution in [0.3, 0.4) is 0 Å². The lowest BCUT2D eigenvalue weighted by molar-refractivity contribution is 0.483. The normalized spacial score (nSPS) is 10.7. The van der Waals surface area contributed by atoms with Crippen molar-refractivity contribution < 1.29 is 4.74 Å². The highest BCUT2D eigenvalue weighted by molar-refractivity contribution is 5.79. The van der Waals surface area contributed by atoms with Crippen molar-refractivity contribution in [1.82, 2.24) is 9.97 Å². The minimum absolute atomic E-state index is 0.148. The Morgan fingerprint density at radius 1 is 0.792 bits per heavy atom. The summed E-state index contributed by atoms with van der Waals surface area (Å²) in [6, 6.07) is 24.4. The Labute approximate surface area is 138 Å². The van der Waals surface area contributed by atoms with Gasteiger partial charge in [0.15, 0.2) is 0 Å². The van der Waals surface area contributed by atoms with Crippen molar-refractivity contribution in [2.24, 2.45) is 0 Å². The van der Waals surface area contributed by atoms with Crippen LogP contribution in [0.1, 0.15) is 0 Å². The van der Waals surface area contributed by atoms with Gasteiger partial charge in [0.2, 0.25) is 0 Å². The van der Waals surface area contributed by atoms with Crippen LogP contribution in [0, 0.1) is 0 Å². The van der Waals surface area contributed by atoms with E-state index in [1.807, 2.05) is 72.8 Å². The van der Waals surface area contributed by atoms with Gasteiger partial charge in [-0.05, 0) is 36.4 Å². The maximum Gasteiger partial charge on any atom is 0.259 e. The first-order chi connectivity index (χ1) is 11.8. The average Bonchev–Trinajstić information content (AvgIpc) is 2.63. The van der Waals surface area contributed by atoms with E-state index in [9.17, 15) is 4.79 Å². The van der Waals surface area contributed by atoms with Crippen LogP contribution in [0.2, 0.25) is 0 Å².